The summed E-state index contributed by atoms with van der Waals surface area (Å²) < 4.78 is 32.9. The molecule has 0 unspecified atom stereocenters. The molecule has 2 amide bonds. The average molecular weight is 550 g/mol. The van der Waals surface area contributed by atoms with E-state index in [0.29, 0.717) is 57.1 Å². The number of ether oxygens (including phenoxy) is 1. The molecule has 0 spiro atoms. The van der Waals surface area contributed by atoms with Crippen molar-refractivity contribution in [3.8, 4) is 11.4 Å². The number of carbonyl (C=O) groups is 2. The highest BCUT2D eigenvalue weighted by atomic mass is 32.2. The van der Waals surface area contributed by atoms with Crippen molar-refractivity contribution >= 4 is 27.8 Å². The Bertz CT molecular complexity index is 1440. The number of nitrogens with zero attached hydrogens (tertiary/aromatic N) is 4. The highest BCUT2D eigenvalue weighted by molar-refractivity contribution is 7.90. The molecule has 1 saturated heterocycles. The zero-order chi connectivity index (χ0) is 27.4. The molecule has 1 fully saturated rings. The third kappa shape index (κ3) is 5.88. The Kier molecular flexibility index (Phi) is 7.78. The van der Waals surface area contributed by atoms with E-state index in [0.717, 1.165) is 16.8 Å². The van der Waals surface area contributed by atoms with Crippen LogP contribution in [0.5, 0.6) is 0 Å². The van der Waals surface area contributed by atoms with Gasteiger partial charge in [0.1, 0.15) is 5.82 Å². The van der Waals surface area contributed by atoms with Gasteiger partial charge in [0, 0.05) is 37.2 Å². The molecule has 5 rings (SSSR count). The van der Waals surface area contributed by atoms with E-state index < -0.39 is 16.1 Å². The molecular formula is C28H31N5O5S. The first-order chi connectivity index (χ1) is 18.9. The lowest BCUT2D eigenvalue weighted by Crippen LogP contribution is -2.46. The van der Waals surface area contributed by atoms with Gasteiger partial charge in [0.2, 0.25) is 0 Å². The summed E-state index contributed by atoms with van der Waals surface area (Å²) in [5, 5.41) is 0. The summed E-state index contributed by atoms with van der Waals surface area (Å²) in [6.45, 7) is 3.87. The molecule has 0 aliphatic carbocycles. The van der Waals surface area contributed by atoms with Crippen LogP contribution in [0.1, 0.15) is 31.0 Å². The number of sulfonamides is 1. The largest absolute Gasteiger partial charge is 0.466 e. The Morgan fingerprint density at radius 3 is 2.31 bits per heavy atom. The number of piperidine rings is 1. The maximum atomic E-state index is 13.1. The maximum absolute atomic E-state index is 13.1. The molecule has 3 heterocycles. The second-order valence-electron chi connectivity index (χ2n) is 9.57. The smallest absolute Gasteiger partial charge is 0.331 e. The number of fused-ring (bicyclic) bond motifs is 1. The fourth-order valence-electron chi connectivity index (χ4n) is 4.97. The molecule has 0 radical (unpaired) electrons. The van der Waals surface area contributed by atoms with E-state index in [9.17, 15) is 18.0 Å². The minimum atomic E-state index is -4.01. The number of rotatable bonds is 6. The molecule has 3 aromatic rings. The zero-order valence-electron chi connectivity index (χ0n) is 21.7. The highest BCUT2D eigenvalue weighted by Gasteiger charge is 2.32. The van der Waals surface area contributed by atoms with Gasteiger partial charge in [0.15, 0.2) is 5.82 Å². The molecule has 0 atom stereocenters. The van der Waals surface area contributed by atoms with Gasteiger partial charge in [0.05, 0.1) is 29.7 Å². The van der Waals surface area contributed by atoms with Gasteiger partial charge in [-0.05, 0) is 31.9 Å². The minimum absolute atomic E-state index is 0.0248. The third-order valence-electron chi connectivity index (χ3n) is 7.05. The summed E-state index contributed by atoms with van der Waals surface area (Å²) >= 11 is 0. The number of hydrogen-bond donors (Lipinski definition) is 1. The molecule has 1 N–H and O–H groups in total. The van der Waals surface area contributed by atoms with Gasteiger partial charge in [-0.1, -0.05) is 48.5 Å². The summed E-state index contributed by atoms with van der Waals surface area (Å²) in [5.74, 6) is 0.984. The molecule has 0 bridgehead atoms. The second-order valence-corrected chi connectivity index (χ2v) is 11.3. The van der Waals surface area contributed by atoms with Gasteiger partial charge in [-0.15, -0.1) is 0 Å². The lowest BCUT2D eigenvalue weighted by atomic mass is 9.96. The van der Waals surface area contributed by atoms with E-state index >= 15 is 0 Å². The van der Waals surface area contributed by atoms with Crippen molar-refractivity contribution in [1.29, 1.82) is 0 Å². The molecule has 2 aromatic carbocycles. The lowest BCUT2D eigenvalue weighted by molar-refractivity contribution is -0.148. The fourth-order valence-corrected chi connectivity index (χ4v) is 5.97. The summed E-state index contributed by atoms with van der Waals surface area (Å²) in [4.78, 5) is 38.8. The van der Waals surface area contributed by atoms with Crippen LogP contribution in [0.15, 0.2) is 65.6 Å². The Morgan fingerprint density at radius 1 is 0.974 bits per heavy atom. The molecular weight excluding hydrogens is 518 g/mol. The monoisotopic (exact) mass is 549 g/mol. The first kappa shape index (κ1) is 26.6. The average Bonchev–Trinajstić information content (AvgIpc) is 2.97. The number of urea groups is 1. The van der Waals surface area contributed by atoms with Crippen LogP contribution in [0.3, 0.4) is 0 Å². The highest BCUT2D eigenvalue weighted by Crippen LogP contribution is 2.32. The standard InChI is InChI=1S/C28H31N5O5S/c1-2-38-27(34)21-13-16-32(17-14-21)26-23-19-33(28(35)31-39(36,37)22-11-7-4-8-12-22)18-15-24(23)29-25(30-26)20-9-5-3-6-10-20/h3-12,21H,2,13-19H2,1H3,(H,31,35). The minimum Gasteiger partial charge on any atom is -0.466 e. The van der Waals surface area contributed by atoms with Crippen LogP contribution in [-0.2, 0) is 32.5 Å². The number of amides is 2. The zero-order valence-corrected chi connectivity index (χ0v) is 22.6. The van der Waals surface area contributed by atoms with Crippen molar-refractivity contribution in [2.45, 2.75) is 37.6 Å². The maximum Gasteiger partial charge on any atom is 0.331 e. The Hall–Kier alpha value is -3.99. The van der Waals surface area contributed by atoms with Crippen LogP contribution in [0.25, 0.3) is 11.4 Å². The van der Waals surface area contributed by atoms with Crippen LogP contribution in [-0.4, -0.2) is 61.5 Å². The van der Waals surface area contributed by atoms with E-state index in [1.165, 1.54) is 17.0 Å². The van der Waals surface area contributed by atoms with E-state index in [1.807, 2.05) is 30.3 Å². The normalized spacial score (nSPS) is 15.9. The van der Waals surface area contributed by atoms with Crippen molar-refractivity contribution in [1.82, 2.24) is 19.6 Å². The Morgan fingerprint density at radius 2 is 1.64 bits per heavy atom. The van der Waals surface area contributed by atoms with Crippen molar-refractivity contribution in [3.63, 3.8) is 0 Å². The van der Waals surface area contributed by atoms with Gasteiger partial charge in [-0.3, -0.25) is 4.79 Å². The number of anilines is 1. The Labute approximate surface area is 228 Å². The quantitative estimate of drug-likeness (QED) is 0.465. The lowest BCUT2D eigenvalue weighted by Gasteiger charge is -2.36. The van der Waals surface area contributed by atoms with Crippen molar-refractivity contribution in [2.75, 3.05) is 31.1 Å². The molecule has 0 saturated carbocycles. The number of aromatic nitrogens is 2. The molecule has 1 aromatic heterocycles. The number of carbonyl (C=O) groups excluding carboxylic acids is 2. The number of nitrogens with one attached hydrogen (secondary N) is 1. The van der Waals surface area contributed by atoms with Gasteiger partial charge in [-0.25, -0.2) is 27.9 Å². The molecule has 2 aliphatic rings. The number of hydrogen-bond acceptors (Lipinski definition) is 8. The fraction of sp³-hybridized carbons (Fsp3) is 0.357. The molecule has 2 aliphatic heterocycles. The van der Waals surface area contributed by atoms with E-state index in [1.54, 1.807) is 25.1 Å². The predicted molar refractivity (Wildman–Crippen MR) is 145 cm³/mol. The van der Waals surface area contributed by atoms with Crippen LogP contribution in [0.4, 0.5) is 10.6 Å². The van der Waals surface area contributed by atoms with Gasteiger partial charge in [-0.2, -0.15) is 0 Å². The summed E-state index contributed by atoms with van der Waals surface area (Å²) in [7, 11) is -4.01. The number of benzene rings is 2. The molecule has 39 heavy (non-hydrogen) atoms. The first-order valence-electron chi connectivity index (χ1n) is 13.1. The van der Waals surface area contributed by atoms with Crippen LogP contribution in [0, 0.1) is 5.92 Å². The van der Waals surface area contributed by atoms with Crippen LogP contribution >= 0.6 is 0 Å². The molecule has 204 valence electrons. The predicted octanol–water partition coefficient (Wildman–Crippen LogP) is 3.38. The Balaban J connectivity index is 1.41. The summed E-state index contributed by atoms with van der Waals surface area (Å²) in [5.41, 5.74) is 2.51. The summed E-state index contributed by atoms with van der Waals surface area (Å²) in [6, 6.07) is 16.8. The topological polar surface area (TPSA) is 122 Å². The van der Waals surface area contributed by atoms with Gasteiger partial charge < -0.3 is 14.5 Å². The summed E-state index contributed by atoms with van der Waals surface area (Å²) in [6.07, 6.45) is 1.73. The SMILES string of the molecule is CCOC(=O)C1CCN(c2nc(-c3ccccc3)nc3c2CN(C(=O)NS(=O)(=O)c2ccccc2)CC3)CC1. The first-order valence-corrected chi connectivity index (χ1v) is 14.6. The van der Waals surface area contributed by atoms with Gasteiger partial charge in [0.25, 0.3) is 10.0 Å². The second kappa shape index (κ2) is 11.4. The van der Waals surface area contributed by atoms with E-state index in [-0.39, 0.29) is 23.3 Å². The van der Waals surface area contributed by atoms with E-state index in [2.05, 4.69) is 9.62 Å². The molecule has 11 heteroatoms. The third-order valence-corrected chi connectivity index (χ3v) is 8.38. The van der Waals surface area contributed by atoms with Crippen LogP contribution < -0.4 is 9.62 Å². The van der Waals surface area contributed by atoms with Crippen molar-refractivity contribution in [3.05, 3.63) is 71.9 Å². The van der Waals surface area contributed by atoms with Gasteiger partial charge >= 0.3 is 12.0 Å². The van der Waals surface area contributed by atoms with Crippen molar-refractivity contribution < 1.29 is 22.7 Å². The molecule has 10 nitrogen and oxygen atoms in total. The number of esters is 1. The van der Waals surface area contributed by atoms with Crippen LogP contribution in [0.2, 0.25) is 0 Å². The van der Waals surface area contributed by atoms with E-state index in [4.69, 9.17) is 14.7 Å². The van der Waals surface area contributed by atoms with Crippen molar-refractivity contribution in [2.24, 2.45) is 5.92 Å².